The summed E-state index contributed by atoms with van der Waals surface area (Å²) in [6.07, 6.45) is 5.73. The molecule has 0 bridgehead atoms. The number of carbonyl (C=O) groups excluding carboxylic acids is 1. The Morgan fingerprint density at radius 2 is 2.16 bits per heavy atom. The van der Waals surface area contributed by atoms with E-state index in [1.165, 1.54) is 6.42 Å². The van der Waals surface area contributed by atoms with E-state index in [1.54, 1.807) is 19.2 Å². The number of anilines is 3. The summed E-state index contributed by atoms with van der Waals surface area (Å²) in [6.45, 7) is 2.36. The maximum Gasteiger partial charge on any atom is 0.253 e. The average molecular weight is 435 g/mol. The first-order valence-electron chi connectivity index (χ1n) is 10.8. The molecule has 0 spiro atoms. The lowest BCUT2D eigenvalue weighted by atomic mass is 9.80. The molecule has 0 radical (unpaired) electrons. The summed E-state index contributed by atoms with van der Waals surface area (Å²) in [5.74, 6) is 2.03. The van der Waals surface area contributed by atoms with E-state index in [2.05, 4.69) is 36.1 Å². The lowest BCUT2D eigenvalue weighted by Gasteiger charge is -2.33. The van der Waals surface area contributed by atoms with E-state index in [9.17, 15) is 9.90 Å². The minimum atomic E-state index is -0.114. The number of nitrogens with one attached hydrogen (secondary N) is 3. The van der Waals surface area contributed by atoms with Gasteiger partial charge in [0.25, 0.3) is 11.8 Å². The number of benzene rings is 1. The van der Waals surface area contributed by atoms with E-state index < -0.39 is 0 Å². The predicted octanol–water partition coefficient (Wildman–Crippen LogP) is 2.44. The summed E-state index contributed by atoms with van der Waals surface area (Å²) >= 11 is 0. The predicted molar refractivity (Wildman–Crippen MR) is 118 cm³/mol. The van der Waals surface area contributed by atoms with E-state index in [-0.39, 0.29) is 18.6 Å². The summed E-state index contributed by atoms with van der Waals surface area (Å²) in [5, 5.41) is 27.4. The van der Waals surface area contributed by atoms with Crippen LogP contribution in [-0.4, -0.2) is 50.4 Å². The van der Waals surface area contributed by atoms with Crippen LogP contribution in [0.4, 0.5) is 17.5 Å². The van der Waals surface area contributed by atoms with Crippen LogP contribution in [0.25, 0.3) is 11.5 Å². The first-order valence-corrected chi connectivity index (χ1v) is 10.8. The second-order valence-corrected chi connectivity index (χ2v) is 8.21. The molecule has 1 fully saturated rings. The highest BCUT2D eigenvalue weighted by Gasteiger charge is 2.28. The third-order valence-electron chi connectivity index (χ3n) is 6.07. The maximum absolute atomic E-state index is 12.0. The number of fused-ring (bicyclic) bond motifs is 1. The fraction of sp³-hybridized carbons (Fsp3) is 0.409. The Balaban J connectivity index is 1.45. The molecule has 0 unspecified atom stereocenters. The van der Waals surface area contributed by atoms with Gasteiger partial charge in [-0.1, -0.05) is 6.42 Å². The van der Waals surface area contributed by atoms with Crippen LogP contribution in [0.3, 0.4) is 0 Å². The molecule has 4 N–H and O–H groups in total. The van der Waals surface area contributed by atoms with Gasteiger partial charge in [0.15, 0.2) is 0 Å². The number of aliphatic hydroxyl groups excluding tert-OH is 1. The highest BCUT2D eigenvalue weighted by Crippen LogP contribution is 2.33. The zero-order valence-corrected chi connectivity index (χ0v) is 17.8. The number of aromatic nitrogens is 4. The van der Waals surface area contributed by atoms with Crippen molar-refractivity contribution in [1.29, 1.82) is 0 Å². The summed E-state index contributed by atoms with van der Waals surface area (Å²) in [7, 11) is 0. The molecule has 2 aromatic heterocycles. The molecule has 5 rings (SSSR count). The standard InChI is InChI=1S/C22H25N7O3/c1-12-28-29-21(32-12)17-10-24-22(27-19(17)26-18(11-30)13-3-2-4-13)25-15-5-6-16-14(9-15)7-8-23-20(16)31/h5-6,9-10,13,18,30H,2-4,7-8,11H2,1H3,(H,23,31)(H2,24,25,26,27)/t18-/m1/s1. The van der Waals surface area contributed by atoms with E-state index in [1.807, 2.05) is 12.1 Å². The first-order chi connectivity index (χ1) is 15.6. The van der Waals surface area contributed by atoms with Crippen LogP contribution in [-0.2, 0) is 6.42 Å². The molecule has 1 aliphatic carbocycles. The van der Waals surface area contributed by atoms with Gasteiger partial charge in [-0.05, 0) is 48.9 Å². The monoisotopic (exact) mass is 435 g/mol. The third-order valence-corrected chi connectivity index (χ3v) is 6.07. The first kappa shape index (κ1) is 20.4. The molecule has 3 heterocycles. The van der Waals surface area contributed by atoms with Gasteiger partial charge >= 0.3 is 0 Å². The molecule has 1 atom stereocenters. The van der Waals surface area contributed by atoms with Gasteiger partial charge in [-0.3, -0.25) is 4.79 Å². The maximum atomic E-state index is 12.0. The highest BCUT2D eigenvalue weighted by atomic mass is 16.4. The summed E-state index contributed by atoms with van der Waals surface area (Å²) in [5.41, 5.74) is 3.05. The number of hydrogen-bond donors (Lipinski definition) is 4. The zero-order chi connectivity index (χ0) is 22.1. The third kappa shape index (κ3) is 4.01. The van der Waals surface area contributed by atoms with Crippen molar-refractivity contribution < 1.29 is 14.3 Å². The summed E-state index contributed by atoms with van der Waals surface area (Å²) < 4.78 is 5.59. The van der Waals surface area contributed by atoms with Crippen LogP contribution in [0.15, 0.2) is 28.8 Å². The lowest BCUT2D eigenvalue weighted by molar-refractivity contribution is 0.0946. The van der Waals surface area contributed by atoms with Crippen molar-refractivity contribution in [2.45, 2.75) is 38.6 Å². The molecule has 1 saturated carbocycles. The fourth-order valence-corrected chi connectivity index (χ4v) is 4.08. The molecule has 2 aliphatic rings. The van der Waals surface area contributed by atoms with Crippen LogP contribution in [0.2, 0.25) is 0 Å². The van der Waals surface area contributed by atoms with Crippen LogP contribution in [0, 0.1) is 12.8 Å². The minimum absolute atomic E-state index is 0.00657. The number of hydrogen-bond acceptors (Lipinski definition) is 9. The molecule has 32 heavy (non-hydrogen) atoms. The number of rotatable bonds is 7. The second kappa shape index (κ2) is 8.54. The van der Waals surface area contributed by atoms with Gasteiger partial charge in [0.05, 0.1) is 18.2 Å². The lowest BCUT2D eigenvalue weighted by Crippen LogP contribution is -2.37. The zero-order valence-electron chi connectivity index (χ0n) is 17.8. The molecule has 1 aromatic carbocycles. The minimum Gasteiger partial charge on any atom is -0.421 e. The van der Waals surface area contributed by atoms with Gasteiger partial charge in [0.2, 0.25) is 11.8 Å². The largest absolute Gasteiger partial charge is 0.421 e. The number of amides is 1. The highest BCUT2D eigenvalue weighted by molar-refractivity contribution is 5.97. The van der Waals surface area contributed by atoms with Crippen molar-refractivity contribution in [2.75, 3.05) is 23.8 Å². The molecule has 0 saturated heterocycles. The molecule has 10 nitrogen and oxygen atoms in total. The van der Waals surface area contributed by atoms with E-state index in [0.717, 1.165) is 30.5 Å². The Bertz CT molecular complexity index is 1140. The van der Waals surface area contributed by atoms with Gasteiger partial charge in [-0.25, -0.2) is 4.98 Å². The van der Waals surface area contributed by atoms with Crippen molar-refractivity contribution in [3.05, 3.63) is 41.4 Å². The average Bonchev–Trinajstić information content (AvgIpc) is 3.18. The van der Waals surface area contributed by atoms with Gasteiger partial charge in [-0.15, -0.1) is 10.2 Å². The van der Waals surface area contributed by atoms with Gasteiger partial charge in [-0.2, -0.15) is 4.98 Å². The Labute approximate surface area is 184 Å². The van der Waals surface area contributed by atoms with Crippen molar-refractivity contribution in [1.82, 2.24) is 25.5 Å². The van der Waals surface area contributed by atoms with Gasteiger partial charge < -0.3 is 25.5 Å². The van der Waals surface area contributed by atoms with Crippen LogP contribution in [0.1, 0.15) is 41.1 Å². The summed E-state index contributed by atoms with van der Waals surface area (Å²) in [6, 6.07) is 5.47. The normalized spacial score (nSPS) is 16.6. The van der Waals surface area contributed by atoms with Crippen molar-refractivity contribution in [3.8, 4) is 11.5 Å². The van der Waals surface area contributed by atoms with Crippen molar-refractivity contribution >= 4 is 23.4 Å². The van der Waals surface area contributed by atoms with Crippen LogP contribution in [0.5, 0.6) is 0 Å². The second-order valence-electron chi connectivity index (χ2n) is 8.21. The molecule has 166 valence electrons. The van der Waals surface area contributed by atoms with Crippen LogP contribution >= 0.6 is 0 Å². The molecule has 1 aliphatic heterocycles. The number of nitrogens with zero attached hydrogens (tertiary/aromatic N) is 4. The summed E-state index contributed by atoms with van der Waals surface area (Å²) in [4.78, 5) is 21.1. The molecule has 10 heteroatoms. The molecule has 1 amide bonds. The van der Waals surface area contributed by atoms with E-state index in [4.69, 9.17) is 4.42 Å². The quantitative estimate of drug-likeness (QED) is 0.441. The Kier molecular flexibility index (Phi) is 5.44. The number of aliphatic hydroxyl groups is 1. The van der Waals surface area contributed by atoms with Crippen molar-refractivity contribution in [2.24, 2.45) is 5.92 Å². The topological polar surface area (TPSA) is 138 Å². The van der Waals surface area contributed by atoms with Crippen molar-refractivity contribution in [3.63, 3.8) is 0 Å². The van der Waals surface area contributed by atoms with Gasteiger partial charge in [0.1, 0.15) is 5.82 Å². The van der Waals surface area contributed by atoms with Gasteiger partial charge in [0, 0.05) is 30.9 Å². The number of carbonyl (C=O) groups is 1. The SMILES string of the molecule is Cc1nnc(-c2cnc(Nc3ccc4c(c3)CCNC4=O)nc2N[C@H](CO)C2CCC2)o1. The molecular weight excluding hydrogens is 410 g/mol. The Morgan fingerprint density at radius 3 is 2.88 bits per heavy atom. The van der Waals surface area contributed by atoms with E-state index in [0.29, 0.717) is 47.1 Å². The van der Waals surface area contributed by atoms with Crippen LogP contribution < -0.4 is 16.0 Å². The molecule has 3 aromatic rings. The Hall–Kier alpha value is -3.53. The molecular formula is C22H25N7O3. The smallest absolute Gasteiger partial charge is 0.253 e. The fourth-order valence-electron chi connectivity index (χ4n) is 4.08. The number of aryl methyl sites for hydroxylation is 1. The Morgan fingerprint density at radius 1 is 1.28 bits per heavy atom. The van der Waals surface area contributed by atoms with E-state index >= 15 is 0 Å².